The fourth-order valence-electron chi connectivity index (χ4n) is 0.554. The van der Waals surface area contributed by atoms with Crippen LogP contribution in [0.5, 0.6) is 0 Å². The smallest absolute Gasteiger partial charge is 0.122 e. The Morgan fingerprint density at radius 1 is 1.36 bits per heavy atom. The molecule has 0 aliphatic rings. The number of rotatable bonds is 5. The van der Waals surface area contributed by atoms with E-state index in [4.69, 9.17) is 21.8 Å². The van der Waals surface area contributed by atoms with E-state index in [0.29, 0.717) is 6.29 Å². The molecule has 0 rings (SSSR count). The number of carbonyl (C=O) groups is 1. The van der Waals surface area contributed by atoms with Gasteiger partial charge in [-0.3, -0.25) is 0 Å². The number of carbonyl (C=O) groups excluding carboxylic acids is 1. The Labute approximate surface area is 65.3 Å². The zero-order chi connectivity index (χ0) is 9.72. The molecule has 0 aliphatic heterocycles. The zero-order valence-corrected chi connectivity index (χ0v) is 5.79. The van der Waals surface area contributed by atoms with Gasteiger partial charge >= 0.3 is 0 Å². The molecule has 4 N–H and O–H groups in total. The van der Waals surface area contributed by atoms with Crippen LogP contribution in [0.4, 0.5) is 0 Å². The average Bonchev–Trinajstić information content (AvgIpc) is 2.02. The molecule has 0 saturated heterocycles. The minimum Gasteiger partial charge on any atom is -0.394 e. The molecular formula is C6H12O5. The first-order valence-electron chi connectivity index (χ1n) is 3.66. The normalized spacial score (nSPS) is 23.1. The predicted molar refractivity (Wildman–Crippen MR) is 35.8 cm³/mol. The van der Waals surface area contributed by atoms with Crippen molar-refractivity contribution >= 4 is 6.29 Å². The van der Waals surface area contributed by atoms with Crippen LogP contribution in [0.15, 0.2) is 0 Å². The molecule has 5 heteroatoms. The molecule has 0 radical (unpaired) electrons. The Morgan fingerprint density at radius 3 is 2.27 bits per heavy atom. The molecule has 0 aliphatic carbocycles. The summed E-state index contributed by atoms with van der Waals surface area (Å²) in [5, 5.41) is 35.1. The molecule has 0 fully saturated rings. The van der Waals surface area contributed by atoms with E-state index in [0.717, 1.165) is 0 Å². The number of aldehydes is 1. The number of aliphatic hydroxyl groups excluding tert-OH is 4. The van der Waals surface area contributed by atoms with E-state index in [-0.39, 0.29) is 6.42 Å². The van der Waals surface area contributed by atoms with Gasteiger partial charge in [-0.2, -0.15) is 0 Å². The first-order chi connectivity index (χ1) is 5.50. The van der Waals surface area contributed by atoms with Gasteiger partial charge in [-0.1, -0.05) is 0 Å². The monoisotopic (exact) mass is 165 g/mol. The van der Waals surface area contributed by atoms with Crippen LogP contribution < -0.4 is 0 Å². The van der Waals surface area contributed by atoms with Crippen molar-refractivity contribution < 1.29 is 26.6 Å². The van der Waals surface area contributed by atoms with Crippen LogP contribution in [-0.4, -0.2) is 51.6 Å². The van der Waals surface area contributed by atoms with E-state index < -0.39 is 24.9 Å². The van der Waals surface area contributed by atoms with Gasteiger partial charge in [-0.15, -0.1) is 0 Å². The number of hydrogen-bond donors (Lipinski definition) is 4. The van der Waals surface area contributed by atoms with E-state index in [1.165, 1.54) is 0 Å². The Hall–Kier alpha value is -0.490. The van der Waals surface area contributed by atoms with Crippen LogP contribution in [0.1, 0.15) is 7.79 Å². The highest BCUT2D eigenvalue weighted by molar-refractivity contribution is 5.50. The number of aliphatic hydroxyl groups is 4. The lowest BCUT2D eigenvalue weighted by Crippen LogP contribution is -2.39. The fourth-order valence-corrected chi connectivity index (χ4v) is 0.554. The standard InChI is InChI=1S/C6H12O5/c7-2-1-4(9)6(11)5(10)3-8/h2,4-6,8-11H,1,3H2/t4-,5-,6+/m1/s1/i3D/t3?,4-,5-,6+. The van der Waals surface area contributed by atoms with Gasteiger partial charge in [0.15, 0.2) is 0 Å². The van der Waals surface area contributed by atoms with Crippen LogP contribution in [0.3, 0.4) is 0 Å². The summed E-state index contributed by atoms with van der Waals surface area (Å²) in [6.07, 6.45) is -4.86. The third kappa shape index (κ3) is 3.43. The highest BCUT2D eigenvalue weighted by Gasteiger charge is 2.23. The van der Waals surface area contributed by atoms with Gasteiger partial charge < -0.3 is 25.2 Å². The van der Waals surface area contributed by atoms with Gasteiger partial charge in [-0.25, -0.2) is 0 Å². The summed E-state index contributed by atoms with van der Waals surface area (Å²) < 4.78 is 6.59. The fraction of sp³-hybridized carbons (Fsp3) is 0.833. The van der Waals surface area contributed by atoms with Gasteiger partial charge in [0, 0.05) is 6.42 Å². The van der Waals surface area contributed by atoms with E-state index >= 15 is 0 Å². The van der Waals surface area contributed by atoms with Gasteiger partial charge in [0.1, 0.15) is 18.5 Å². The Morgan fingerprint density at radius 2 is 1.91 bits per heavy atom. The van der Waals surface area contributed by atoms with Gasteiger partial charge in [0.2, 0.25) is 0 Å². The molecule has 66 valence electrons. The zero-order valence-electron chi connectivity index (χ0n) is 6.79. The van der Waals surface area contributed by atoms with Crippen molar-refractivity contribution in [1.82, 2.24) is 0 Å². The summed E-state index contributed by atoms with van der Waals surface area (Å²) in [7, 11) is 0. The van der Waals surface area contributed by atoms with Gasteiger partial charge in [0.05, 0.1) is 14.1 Å². The molecule has 0 amide bonds. The van der Waals surface area contributed by atoms with E-state index in [9.17, 15) is 4.79 Å². The van der Waals surface area contributed by atoms with Crippen LogP contribution in [0.2, 0.25) is 0 Å². The molecule has 4 atom stereocenters. The second kappa shape index (κ2) is 5.20. The van der Waals surface area contributed by atoms with Gasteiger partial charge in [-0.05, 0) is 0 Å². The third-order valence-corrected chi connectivity index (χ3v) is 1.23. The van der Waals surface area contributed by atoms with Crippen molar-refractivity contribution in [2.75, 3.05) is 6.58 Å². The molecule has 0 bridgehead atoms. The summed E-state index contributed by atoms with van der Waals surface area (Å²) in [5.41, 5.74) is 0. The van der Waals surface area contributed by atoms with Crippen molar-refractivity contribution in [2.45, 2.75) is 24.7 Å². The molecule has 0 heterocycles. The molecule has 0 saturated carbocycles. The van der Waals surface area contributed by atoms with Crippen molar-refractivity contribution in [3.05, 3.63) is 0 Å². The van der Waals surface area contributed by atoms with Crippen LogP contribution >= 0.6 is 0 Å². The highest BCUT2D eigenvalue weighted by atomic mass is 16.4. The molecule has 0 aromatic carbocycles. The largest absolute Gasteiger partial charge is 0.394 e. The summed E-state index contributed by atoms with van der Waals surface area (Å²) >= 11 is 0. The highest BCUT2D eigenvalue weighted by Crippen LogP contribution is 2.01. The second-order valence-electron chi connectivity index (χ2n) is 2.10. The Balaban J connectivity index is 3.98. The van der Waals surface area contributed by atoms with Crippen molar-refractivity contribution in [3.63, 3.8) is 0 Å². The lowest BCUT2D eigenvalue weighted by Gasteiger charge is -2.19. The van der Waals surface area contributed by atoms with Crippen molar-refractivity contribution in [3.8, 4) is 0 Å². The molecule has 1 unspecified atom stereocenters. The van der Waals surface area contributed by atoms with Gasteiger partial charge in [0.25, 0.3) is 0 Å². The summed E-state index contributed by atoms with van der Waals surface area (Å²) in [6, 6.07) is 0. The molecule has 0 spiro atoms. The molecule has 0 aromatic rings. The molecule has 5 nitrogen and oxygen atoms in total. The molecular weight excluding hydrogens is 152 g/mol. The minimum absolute atomic E-state index is 0.342. The maximum atomic E-state index is 9.85. The van der Waals surface area contributed by atoms with E-state index in [1.54, 1.807) is 0 Å². The quantitative estimate of drug-likeness (QED) is 0.342. The third-order valence-electron chi connectivity index (χ3n) is 1.23. The molecule has 0 aromatic heterocycles. The summed E-state index contributed by atoms with van der Waals surface area (Å²) in [6.45, 7) is -1.89. The first-order valence-corrected chi connectivity index (χ1v) is 3.08. The first kappa shape index (κ1) is 8.61. The van der Waals surface area contributed by atoms with E-state index in [2.05, 4.69) is 0 Å². The summed E-state index contributed by atoms with van der Waals surface area (Å²) in [4.78, 5) is 9.85. The topological polar surface area (TPSA) is 98.0 Å². The lowest BCUT2D eigenvalue weighted by molar-refractivity contribution is -0.115. The van der Waals surface area contributed by atoms with Crippen LogP contribution in [0.25, 0.3) is 0 Å². The molecule has 11 heavy (non-hydrogen) atoms. The number of hydrogen-bond acceptors (Lipinski definition) is 5. The minimum atomic E-state index is -1.89. The lowest BCUT2D eigenvalue weighted by atomic mass is 10.1. The Kier molecular flexibility index (Phi) is 4.07. The van der Waals surface area contributed by atoms with Crippen LogP contribution in [0, 0.1) is 0 Å². The van der Waals surface area contributed by atoms with Crippen molar-refractivity contribution in [2.24, 2.45) is 0 Å². The maximum absolute atomic E-state index is 9.85. The second-order valence-corrected chi connectivity index (χ2v) is 2.10. The predicted octanol–water partition coefficient (Wildman–Crippen LogP) is -2.35. The summed E-state index contributed by atoms with van der Waals surface area (Å²) in [5.74, 6) is 0. The van der Waals surface area contributed by atoms with E-state index in [1.807, 2.05) is 0 Å². The average molecular weight is 165 g/mol. The van der Waals surface area contributed by atoms with Crippen LogP contribution in [-0.2, 0) is 4.79 Å². The maximum Gasteiger partial charge on any atom is 0.122 e. The SMILES string of the molecule is [2H]C(O)[C@@H](O)[C@@H](O)[C@H](O)CC=O. The van der Waals surface area contributed by atoms with Crippen molar-refractivity contribution in [1.29, 1.82) is 0 Å². The Bertz CT molecular complexity index is 140.